The van der Waals surface area contributed by atoms with Gasteiger partial charge in [-0.1, -0.05) is 72.8 Å². The molecule has 0 saturated heterocycles. The summed E-state index contributed by atoms with van der Waals surface area (Å²) in [6.45, 7) is 1.82. The summed E-state index contributed by atoms with van der Waals surface area (Å²) in [5.41, 5.74) is 3.65. The van der Waals surface area contributed by atoms with E-state index in [2.05, 4.69) is 16.3 Å². The molecule has 0 spiro atoms. The Kier molecular flexibility index (Phi) is 5.66. The molecule has 4 heteroatoms. The summed E-state index contributed by atoms with van der Waals surface area (Å²) >= 11 is 0. The maximum Gasteiger partial charge on any atom is 0.213 e. The van der Waals surface area contributed by atoms with E-state index in [1.54, 1.807) is 24.3 Å². The molecule has 0 fully saturated rings. The van der Waals surface area contributed by atoms with Crippen molar-refractivity contribution in [3.05, 3.63) is 107 Å². The van der Waals surface area contributed by atoms with E-state index in [0.29, 0.717) is 22.4 Å². The van der Waals surface area contributed by atoms with Gasteiger partial charge in [-0.15, -0.1) is 5.10 Å². The van der Waals surface area contributed by atoms with Gasteiger partial charge in [0.2, 0.25) is 5.78 Å². The SMILES string of the molecule is C/C(=N\N=C(\C(=O)c1ccccc1)c1ccccc1)c1ccc(C#N)cc1. The number of hydrogen-bond acceptors (Lipinski definition) is 4. The summed E-state index contributed by atoms with van der Waals surface area (Å²) in [5, 5.41) is 17.5. The Bertz CT molecular complexity index is 1030. The van der Waals surface area contributed by atoms with Gasteiger partial charge >= 0.3 is 0 Å². The Labute approximate surface area is 158 Å². The van der Waals surface area contributed by atoms with Gasteiger partial charge < -0.3 is 0 Å². The minimum Gasteiger partial charge on any atom is -0.287 e. The fourth-order valence-corrected chi connectivity index (χ4v) is 2.53. The maximum atomic E-state index is 12.9. The van der Waals surface area contributed by atoms with Gasteiger partial charge in [-0.3, -0.25) is 4.79 Å². The van der Waals surface area contributed by atoms with Crippen molar-refractivity contribution in [1.82, 2.24) is 0 Å². The maximum absolute atomic E-state index is 12.9. The van der Waals surface area contributed by atoms with Gasteiger partial charge in [-0.25, -0.2) is 0 Å². The van der Waals surface area contributed by atoms with Gasteiger partial charge in [-0.05, 0) is 24.6 Å². The lowest BCUT2D eigenvalue weighted by molar-refractivity contribution is 0.106. The molecule has 0 unspecified atom stereocenters. The predicted octanol–water partition coefficient (Wildman–Crippen LogP) is 4.65. The van der Waals surface area contributed by atoms with E-state index < -0.39 is 0 Å². The summed E-state index contributed by atoms with van der Waals surface area (Å²) in [5.74, 6) is -0.182. The minimum absolute atomic E-state index is 0.182. The van der Waals surface area contributed by atoms with Gasteiger partial charge in [0.15, 0.2) is 0 Å². The van der Waals surface area contributed by atoms with Crippen LogP contribution < -0.4 is 0 Å². The first-order valence-corrected chi connectivity index (χ1v) is 8.47. The Morgan fingerprint density at radius 2 is 1.30 bits per heavy atom. The normalized spacial score (nSPS) is 11.7. The van der Waals surface area contributed by atoms with E-state index in [9.17, 15) is 4.79 Å². The van der Waals surface area contributed by atoms with Crippen molar-refractivity contribution in [2.45, 2.75) is 6.92 Å². The number of carbonyl (C=O) groups excluding carboxylic acids is 1. The molecule has 0 aliphatic rings. The molecule has 0 heterocycles. The van der Waals surface area contributed by atoms with Crippen molar-refractivity contribution in [3.63, 3.8) is 0 Å². The molecule has 0 radical (unpaired) electrons. The highest BCUT2D eigenvalue weighted by Crippen LogP contribution is 2.11. The van der Waals surface area contributed by atoms with Crippen LogP contribution in [-0.2, 0) is 0 Å². The fourth-order valence-electron chi connectivity index (χ4n) is 2.53. The van der Waals surface area contributed by atoms with Crippen LogP contribution in [0.3, 0.4) is 0 Å². The molecule has 4 nitrogen and oxygen atoms in total. The second-order valence-electron chi connectivity index (χ2n) is 5.88. The summed E-state index contributed by atoms with van der Waals surface area (Å²) < 4.78 is 0. The van der Waals surface area contributed by atoms with Gasteiger partial charge in [0.05, 0.1) is 17.3 Å². The summed E-state index contributed by atoms with van der Waals surface area (Å²) in [4.78, 5) is 12.9. The lowest BCUT2D eigenvalue weighted by Crippen LogP contribution is -2.15. The number of Topliss-reactive ketones (excluding diaryl/α,β-unsaturated/α-hetero) is 1. The topological polar surface area (TPSA) is 65.6 Å². The molecule has 3 aromatic carbocycles. The zero-order valence-electron chi connectivity index (χ0n) is 14.8. The van der Waals surface area contributed by atoms with E-state index in [1.165, 1.54) is 0 Å². The van der Waals surface area contributed by atoms with E-state index >= 15 is 0 Å². The third-order valence-electron chi connectivity index (χ3n) is 4.03. The first kappa shape index (κ1) is 18.0. The lowest BCUT2D eigenvalue weighted by atomic mass is 10.0. The van der Waals surface area contributed by atoms with Gasteiger partial charge in [-0.2, -0.15) is 10.4 Å². The second kappa shape index (κ2) is 8.50. The van der Waals surface area contributed by atoms with Crippen LogP contribution in [0.5, 0.6) is 0 Å². The van der Waals surface area contributed by atoms with E-state index in [0.717, 1.165) is 5.56 Å². The summed E-state index contributed by atoms with van der Waals surface area (Å²) in [6, 6.07) is 27.5. The van der Waals surface area contributed by atoms with Crippen molar-refractivity contribution in [1.29, 1.82) is 5.26 Å². The van der Waals surface area contributed by atoms with Gasteiger partial charge in [0, 0.05) is 11.1 Å². The number of carbonyl (C=O) groups is 1. The predicted molar refractivity (Wildman–Crippen MR) is 107 cm³/mol. The Morgan fingerprint density at radius 3 is 1.85 bits per heavy atom. The average Bonchev–Trinajstić information content (AvgIpc) is 2.75. The first-order valence-electron chi connectivity index (χ1n) is 8.47. The fraction of sp³-hybridized carbons (Fsp3) is 0.0435. The zero-order valence-corrected chi connectivity index (χ0v) is 14.8. The van der Waals surface area contributed by atoms with Crippen LogP contribution in [0.4, 0.5) is 0 Å². The number of ketones is 1. The van der Waals surface area contributed by atoms with Crippen molar-refractivity contribution in [3.8, 4) is 6.07 Å². The number of nitriles is 1. The van der Waals surface area contributed by atoms with Crippen LogP contribution in [0.1, 0.15) is 34.0 Å². The van der Waals surface area contributed by atoms with E-state index in [1.807, 2.05) is 67.6 Å². The molecule has 3 aromatic rings. The molecule has 130 valence electrons. The van der Waals surface area contributed by atoms with E-state index in [-0.39, 0.29) is 11.5 Å². The minimum atomic E-state index is -0.182. The largest absolute Gasteiger partial charge is 0.287 e. The number of rotatable bonds is 5. The standard InChI is InChI=1S/C23H17N3O/c1-17(19-14-12-18(16-24)13-15-19)25-26-22(20-8-4-2-5-9-20)23(27)21-10-6-3-7-11-21/h2-15H,1H3/b25-17+,26-22+. The van der Waals surface area contributed by atoms with Crippen LogP contribution in [0, 0.1) is 11.3 Å². The van der Waals surface area contributed by atoms with Crippen LogP contribution in [0.15, 0.2) is 95.1 Å². The highest BCUT2D eigenvalue weighted by atomic mass is 16.1. The number of benzene rings is 3. The third-order valence-corrected chi connectivity index (χ3v) is 4.03. The third kappa shape index (κ3) is 4.42. The van der Waals surface area contributed by atoms with E-state index in [4.69, 9.17) is 5.26 Å². The molecule has 0 amide bonds. The van der Waals surface area contributed by atoms with Crippen molar-refractivity contribution in [2.24, 2.45) is 10.2 Å². The second-order valence-corrected chi connectivity index (χ2v) is 5.88. The molecule has 0 saturated carbocycles. The Morgan fingerprint density at radius 1 is 0.741 bits per heavy atom. The first-order chi connectivity index (χ1) is 13.2. The average molecular weight is 351 g/mol. The van der Waals surface area contributed by atoms with Crippen LogP contribution in [0.2, 0.25) is 0 Å². The molecule has 0 bridgehead atoms. The van der Waals surface area contributed by atoms with Gasteiger partial charge in [0.1, 0.15) is 5.71 Å². The number of nitrogens with zero attached hydrogens (tertiary/aromatic N) is 3. The molecule has 0 N–H and O–H groups in total. The highest BCUT2D eigenvalue weighted by Gasteiger charge is 2.16. The molecule has 0 atom stereocenters. The summed E-state index contributed by atoms with van der Waals surface area (Å²) in [6.07, 6.45) is 0. The highest BCUT2D eigenvalue weighted by molar-refractivity contribution is 6.51. The Hall–Kier alpha value is -3.84. The monoisotopic (exact) mass is 351 g/mol. The van der Waals surface area contributed by atoms with Gasteiger partial charge in [0.25, 0.3) is 0 Å². The smallest absolute Gasteiger partial charge is 0.213 e. The lowest BCUT2D eigenvalue weighted by Gasteiger charge is -2.05. The Balaban J connectivity index is 1.99. The van der Waals surface area contributed by atoms with Crippen molar-refractivity contribution < 1.29 is 4.79 Å². The molecule has 27 heavy (non-hydrogen) atoms. The van der Waals surface area contributed by atoms with Crippen molar-refractivity contribution >= 4 is 17.2 Å². The summed E-state index contributed by atoms with van der Waals surface area (Å²) in [7, 11) is 0. The molecular formula is C23H17N3O. The quantitative estimate of drug-likeness (QED) is 0.381. The molecule has 3 rings (SSSR count). The van der Waals surface area contributed by atoms with Crippen LogP contribution in [-0.4, -0.2) is 17.2 Å². The molecular weight excluding hydrogens is 334 g/mol. The number of hydrogen-bond donors (Lipinski definition) is 0. The molecule has 0 aromatic heterocycles. The molecule has 0 aliphatic heterocycles. The van der Waals surface area contributed by atoms with Crippen molar-refractivity contribution in [2.75, 3.05) is 0 Å². The van der Waals surface area contributed by atoms with Crippen LogP contribution >= 0.6 is 0 Å². The zero-order chi connectivity index (χ0) is 19.1. The van der Waals surface area contributed by atoms with Crippen LogP contribution in [0.25, 0.3) is 0 Å². The molecule has 0 aliphatic carbocycles.